The molecule has 3 rings (SSSR count). The lowest BCUT2D eigenvalue weighted by atomic mass is 9.71. The maximum atomic E-state index is 11.5. The Morgan fingerprint density at radius 3 is 3.06 bits per heavy atom. The molecule has 0 saturated carbocycles. The van der Waals surface area contributed by atoms with E-state index in [0.29, 0.717) is 6.42 Å². The van der Waals surface area contributed by atoms with Crippen molar-refractivity contribution in [3.8, 4) is 0 Å². The molecule has 3 heterocycles. The van der Waals surface area contributed by atoms with Crippen LogP contribution in [0.15, 0.2) is 0 Å². The van der Waals surface area contributed by atoms with Gasteiger partial charge in [-0.1, -0.05) is 0 Å². The van der Waals surface area contributed by atoms with Gasteiger partial charge >= 0.3 is 5.97 Å². The van der Waals surface area contributed by atoms with Crippen LogP contribution in [0.4, 0.5) is 0 Å². The molecule has 0 aromatic heterocycles. The number of nitrogens with one attached hydrogen (secondary N) is 1. The van der Waals surface area contributed by atoms with E-state index in [4.69, 9.17) is 0 Å². The van der Waals surface area contributed by atoms with Crippen molar-refractivity contribution in [3.05, 3.63) is 0 Å². The van der Waals surface area contributed by atoms with E-state index in [-0.39, 0.29) is 24.4 Å². The number of amides is 1. The van der Waals surface area contributed by atoms with Gasteiger partial charge in [0.05, 0.1) is 11.5 Å². The Bertz CT molecular complexity index is 357. The van der Waals surface area contributed by atoms with E-state index >= 15 is 0 Å². The summed E-state index contributed by atoms with van der Waals surface area (Å²) in [5.41, 5.74) is -0.831. The number of nitrogens with zero attached hydrogens (tertiary/aromatic N) is 1. The van der Waals surface area contributed by atoms with Crippen LogP contribution in [0.1, 0.15) is 25.7 Å². The van der Waals surface area contributed by atoms with Crippen LogP contribution in [0, 0.1) is 5.41 Å². The van der Waals surface area contributed by atoms with Crippen molar-refractivity contribution >= 4 is 11.9 Å². The van der Waals surface area contributed by atoms with Gasteiger partial charge in [-0.05, 0) is 32.4 Å². The Kier molecular flexibility index (Phi) is 2.01. The van der Waals surface area contributed by atoms with Gasteiger partial charge in [0, 0.05) is 12.5 Å². The zero-order valence-corrected chi connectivity index (χ0v) is 9.11. The highest BCUT2D eigenvalue weighted by Crippen LogP contribution is 2.45. The second kappa shape index (κ2) is 3.20. The highest BCUT2D eigenvalue weighted by Gasteiger charge is 2.59. The summed E-state index contributed by atoms with van der Waals surface area (Å²) in [5, 5.41) is 12.3. The molecule has 2 N–H and O–H groups in total. The van der Waals surface area contributed by atoms with Crippen LogP contribution in [0.2, 0.25) is 0 Å². The van der Waals surface area contributed by atoms with Crippen LogP contribution in [0.3, 0.4) is 0 Å². The maximum Gasteiger partial charge on any atom is 0.312 e. The lowest BCUT2D eigenvalue weighted by molar-refractivity contribution is -0.154. The Hall–Kier alpha value is -1.10. The zero-order chi connectivity index (χ0) is 11.3. The normalized spacial score (nSPS) is 42.6. The van der Waals surface area contributed by atoms with Gasteiger partial charge < -0.3 is 10.4 Å². The second-order valence-corrected chi connectivity index (χ2v) is 5.18. The molecule has 16 heavy (non-hydrogen) atoms. The standard InChI is InChI=1S/C11H16N2O3/c14-8-6-11(10(15)16)3-5-13-4-1-2-7(13)9(11)12-8/h7,9H,1-6H2,(H,12,14)(H,15,16). The summed E-state index contributed by atoms with van der Waals surface area (Å²) in [6.07, 6.45) is 2.90. The number of carbonyl (C=O) groups is 2. The number of carbonyl (C=O) groups excluding carboxylic acids is 1. The van der Waals surface area contributed by atoms with Crippen molar-refractivity contribution in [1.82, 2.24) is 10.2 Å². The summed E-state index contributed by atoms with van der Waals surface area (Å²) in [6.45, 7) is 1.87. The molecule has 3 atom stereocenters. The third-order valence-electron chi connectivity index (χ3n) is 4.46. The lowest BCUT2D eigenvalue weighted by Crippen LogP contribution is -2.59. The van der Waals surface area contributed by atoms with Crippen LogP contribution in [0.25, 0.3) is 0 Å². The molecule has 0 spiro atoms. The van der Waals surface area contributed by atoms with E-state index in [2.05, 4.69) is 10.2 Å². The molecule has 0 bridgehead atoms. The number of rotatable bonds is 1. The summed E-state index contributed by atoms with van der Waals surface area (Å²) in [5.74, 6) is -0.899. The molecular formula is C11H16N2O3. The minimum Gasteiger partial charge on any atom is -0.481 e. The topological polar surface area (TPSA) is 69.6 Å². The number of aliphatic carboxylic acids is 1. The van der Waals surface area contributed by atoms with Crippen molar-refractivity contribution in [3.63, 3.8) is 0 Å². The average Bonchev–Trinajstić information content (AvgIpc) is 2.79. The first-order chi connectivity index (χ1) is 7.63. The number of hydrogen-bond donors (Lipinski definition) is 2. The molecular weight excluding hydrogens is 208 g/mol. The number of carboxylic acids is 1. The van der Waals surface area contributed by atoms with E-state index in [1.807, 2.05) is 0 Å². The van der Waals surface area contributed by atoms with Gasteiger partial charge in [-0.2, -0.15) is 0 Å². The third kappa shape index (κ3) is 1.15. The van der Waals surface area contributed by atoms with Crippen molar-refractivity contribution in [2.75, 3.05) is 13.1 Å². The van der Waals surface area contributed by atoms with E-state index in [0.717, 1.165) is 25.9 Å². The van der Waals surface area contributed by atoms with Crippen LogP contribution in [-0.2, 0) is 9.59 Å². The molecule has 0 aliphatic carbocycles. The van der Waals surface area contributed by atoms with Crippen molar-refractivity contribution in [2.24, 2.45) is 5.41 Å². The SMILES string of the molecule is O=C1CC2(C(=O)O)CCN3CCCC3C2N1. The summed E-state index contributed by atoms with van der Waals surface area (Å²) in [4.78, 5) is 25.3. The van der Waals surface area contributed by atoms with Crippen molar-refractivity contribution in [2.45, 2.75) is 37.8 Å². The highest BCUT2D eigenvalue weighted by molar-refractivity contribution is 5.90. The van der Waals surface area contributed by atoms with Crippen molar-refractivity contribution < 1.29 is 14.7 Å². The molecule has 88 valence electrons. The molecule has 1 amide bonds. The van der Waals surface area contributed by atoms with E-state index in [1.54, 1.807) is 0 Å². The monoisotopic (exact) mass is 224 g/mol. The minimum absolute atomic E-state index is 0.0962. The summed E-state index contributed by atoms with van der Waals surface area (Å²) in [7, 11) is 0. The minimum atomic E-state index is -0.831. The fourth-order valence-corrected chi connectivity index (χ4v) is 3.63. The molecule has 3 saturated heterocycles. The van der Waals surface area contributed by atoms with Gasteiger partial charge in [0.25, 0.3) is 0 Å². The Labute approximate surface area is 93.8 Å². The molecule has 5 heteroatoms. The summed E-state index contributed by atoms with van der Waals surface area (Å²) < 4.78 is 0. The predicted molar refractivity (Wildman–Crippen MR) is 55.8 cm³/mol. The van der Waals surface area contributed by atoms with Gasteiger partial charge in [0.15, 0.2) is 0 Å². The maximum absolute atomic E-state index is 11.5. The molecule has 3 fully saturated rings. The van der Waals surface area contributed by atoms with Gasteiger partial charge in [-0.15, -0.1) is 0 Å². The second-order valence-electron chi connectivity index (χ2n) is 5.18. The smallest absolute Gasteiger partial charge is 0.312 e. The lowest BCUT2D eigenvalue weighted by Gasteiger charge is -2.43. The number of fused-ring (bicyclic) bond motifs is 3. The van der Waals surface area contributed by atoms with E-state index < -0.39 is 11.4 Å². The molecule has 5 nitrogen and oxygen atoms in total. The Morgan fingerprint density at radius 2 is 2.31 bits per heavy atom. The summed E-state index contributed by atoms with van der Waals surface area (Å²) >= 11 is 0. The molecule has 3 aliphatic heterocycles. The molecule has 0 radical (unpaired) electrons. The van der Waals surface area contributed by atoms with Crippen LogP contribution in [-0.4, -0.2) is 47.1 Å². The fraction of sp³-hybridized carbons (Fsp3) is 0.818. The summed E-state index contributed by atoms with van der Waals surface area (Å²) in [6, 6.07) is 0.0741. The van der Waals surface area contributed by atoms with Gasteiger partial charge in [-0.25, -0.2) is 0 Å². The zero-order valence-electron chi connectivity index (χ0n) is 9.11. The van der Waals surface area contributed by atoms with E-state index in [9.17, 15) is 14.7 Å². The molecule has 3 aliphatic rings. The van der Waals surface area contributed by atoms with Crippen LogP contribution < -0.4 is 5.32 Å². The highest BCUT2D eigenvalue weighted by atomic mass is 16.4. The number of carboxylic acid groups (broad SMARTS) is 1. The third-order valence-corrected chi connectivity index (χ3v) is 4.46. The number of hydrogen-bond acceptors (Lipinski definition) is 3. The largest absolute Gasteiger partial charge is 0.481 e. The van der Waals surface area contributed by atoms with Crippen LogP contribution in [0.5, 0.6) is 0 Å². The number of piperidine rings is 1. The fourth-order valence-electron chi connectivity index (χ4n) is 3.63. The van der Waals surface area contributed by atoms with Gasteiger partial charge in [-0.3, -0.25) is 14.5 Å². The molecule has 0 aromatic carbocycles. The average molecular weight is 224 g/mol. The van der Waals surface area contributed by atoms with Gasteiger partial charge in [0.2, 0.25) is 5.91 Å². The first-order valence-corrected chi connectivity index (χ1v) is 5.90. The van der Waals surface area contributed by atoms with Crippen molar-refractivity contribution in [1.29, 1.82) is 0 Å². The Balaban J connectivity index is 1.97. The van der Waals surface area contributed by atoms with Crippen LogP contribution >= 0.6 is 0 Å². The first-order valence-electron chi connectivity index (χ1n) is 5.90. The van der Waals surface area contributed by atoms with Gasteiger partial charge in [0.1, 0.15) is 0 Å². The molecule has 0 aromatic rings. The predicted octanol–water partition coefficient (Wildman–Crippen LogP) is -0.186. The molecule has 3 unspecified atom stereocenters. The first kappa shape index (κ1) is 10.1. The van der Waals surface area contributed by atoms with E-state index in [1.165, 1.54) is 0 Å². The quantitative estimate of drug-likeness (QED) is 0.648. The Morgan fingerprint density at radius 1 is 1.50 bits per heavy atom.